The third-order valence-corrected chi connectivity index (χ3v) is 12.5. The van der Waals surface area contributed by atoms with Crippen LogP contribution in [0.2, 0.25) is 5.04 Å². The fourth-order valence-corrected chi connectivity index (χ4v) is 9.77. The van der Waals surface area contributed by atoms with Crippen molar-refractivity contribution in [3.8, 4) is 0 Å². The smallest absolute Gasteiger partial charge is 0.261 e. The molecule has 0 saturated heterocycles. The zero-order valence-corrected chi connectivity index (χ0v) is 23.3. The molecule has 3 nitrogen and oxygen atoms in total. The summed E-state index contributed by atoms with van der Waals surface area (Å²) in [5.41, 5.74) is 2.27. The monoisotopic (exact) mass is 572 g/mol. The SMILES string of the molecule is C/C=C(\C)CC[C@H](O[Si](c1ccccc1)(c1ccccc1)C(C)(C)C)c1coc(C=O)c1I. The first kappa shape index (κ1) is 25.7. The summed E-state index contributed by atoms with van der Waals surface area (Å²) in [5, 5.41) is 2.35. The van der Waals surface area contributed by atoms with Crippen molar-refractivity contribution in [2.75, 3.05) is 0 Å². The second-order valence-electron chi connectivity index (χ2n) is 9.43. The topological polar surface area (TPSA) is 39.4 Å². The molecule has 0 aliphatic rings. The molecule has 5 heteroatoms. The molecule has 0 aliphatic heterocycles. The predicted molar refractivity (Wildman–Crippen MR) is 147 cm³/mol. The molecule has 0 fully saturated rings. The Balaban J connectivity index is 2.22. The van der Waals surface area contributed by atoms with Crippen molar-refractivity contribution in [1.29, 1.82) is 0 Å². The van der Waals surface area contributed by atoms with Gasteiger partial charge in [0.15, 0.2) is 12.0 Å². The fourth-order valence-electron chi connectivity index (χ4n) is 4.36. The van der Waals surface area contributed by atoms with Crippen LogP contribution in [0.3, 0.4) is 0 Å². The van der Waals surface area contributed by atoms with Gasteiger partial charge < -0.3 is 8.84 Å². The van der Waals surface area contributed by atoms with Gasteiger partial charge in [-0.3, -0.25) is 4.79 Å². The quantitative estimate of drug-likeness (QED) is 0.119. The molecule has 0 amide bonds. The van der Waals surface area contributed by atoms with Crippen molar-refractivity contribution >= 4 is 47.6 Å². The summed E-state index contributed by atoms with van der Waals surface area (Å²) >= 11 is 2.22. The van der Waals surface area contributed by atoms with E-state index in [9.17, 15) is 4.79 Å². The van der Waals surface area contributed by atoms with Crippen LogP contribution in [0.15, 0.2) is 83.0 Å². The van der Waals surface area contributed by atoms with E-state index < -0.39 is 8.32 Å². The number of carbonyl (C=O) groups excluding carboxylic acids is 1. The number of hydrogen-bond donors (Lipinski definition) is 0. The van der Waals surface area contributed by atoms with E-state index in [0.717, 1.165) is 28.3 Å². The highest BCUT2D eigenvalue weighted by molar-refractivity contribution is 14.1. The van der Waals surface area contributed by atoms with Gasteiger partial charge in [0.1, 0.15) is 0 Å². The number of carbonyl (C=O) groups is 1. The van der Waals surface area contributed by atoms with Crippen LogP contribution < -0.4 is 10.4 Å². The lowest BCUT2D eigenvalue weighted by Crippen LogP contribution is -2.66. The Labute approximate surface area is 212 Å². The number of allylic oxidation sites excluding steroid dienone is 2. The van der Waals surface area contributed by atoms with Gasteiger partial charge in [0.05, 0.1) is 15.9 Å². The Kier molecular flexibility index (Phi) is 8.53. The lowest BCUT2D eigenvalue weighted by atomic mass is 10.0. The van der Waals surface area contributed by atoms with Gasteiger partial charge in [0.25, 0.3) is 8.32 Å². The Morgan fingerprint density at radius 1 is 1.06 bits per heavy atom. The molecule has 1 heterocycles. The van der Waals surface area contributed by atoms with Crippen LogP contribution in [0.1, 0.15) is 69.7 Å². The zero-order valence-electron chi connectivity index (χ0n) is 20.1. The highest BCUT2D eigenvalue weighted by Gasteiger charge is 2.51. The van der Waals surface area contributed by atoms with Crippen LogP contribution in [0, 0.1) is 3.57 Å². The number of rotatable bonds is 9. The van der Waals surface area contributed by atoms with Crippen LogP contribution in [0.25, 0.3) is 0 Å². The predicted octanol–water partition coefficient (Wildman–Crippen LogP) is 7.06. The van der Waals surface area contributed by atoms with Crippen LogP contribution in [0.4, 0.5) is 0 Å². The number of benzene rings is 2. The second-order valence-corrected chi connectivity index (χ2v) is 14.8. The minimum absolute atomic E-state index is 0.133. The van der Waals surface area contributed by atoms with E-state index in [1.54, 1.807) is 6.26 Å². The first-order chi connectivity index (χ1) is 15.7. The number of furan rings is 1. The van der Waals surface area contributed by atoms with Crippen molar-refractivity contribution < 1.29 is 13.6 Å². The van der Waals surface area contributed by atoms with Crippen LogP contribution in [-0.2, 0) is 4.43 Å². The van der Waals surface area contributed by atoms with Gasteiger partial charge in [-0.1, -0.05) is 93.1 Å². The molecule has 3 rings (SSSR count). The van der Waals surface area contributed by atoms with Crippen molar-refractivity contribution in [3.63, 3.8) is 0 Å². The van der Waals surface area contributed by atoms with E-state index in [1.807, 2.05) is 0 Å². The highest BCUT2D eigenvalue weighted by atomic mass is 127. The lowest BCUT2D eigenvalue weighted by Gasteiger charge is -2.45. The number of halogens is 1. The van der Waals surface area contributed by atoms with Crippen molar-refractivity contribution in [3.05, 3.63) is 93.5 Å². The maximum atomic E-state index is 11.5. The molecule has 33 heavy (non-hydrogen) atoms. The molecular weight excluding hydrogens is 539 g/mol. The third-order valence-electron chi connectivity index (χ3n) is 6.27. The van der Waals surface area contributed by atoms with Crippen LogP contribution in [0.5, 0.6) is 0 Å². The Morgan fingerprint density at radius 2 is 1.61 bits per heavy atom. The summed E-state index contributed by atoms with van der Waals surface area (Å²) in [6, 6.07) is 21.3. The van der Waals surface area contributed by atoms with Crippen LogP contribution >= 0.6 is 22.6 Å². The minimum Gasteiger partial charge on any atom is -0.460 e. The largest absolute Gasteiger partial charge is 0.460 e. The van der Waals surface area contributed by atoms with Gasteiger partial charge in [-0.15, -0.1) is 0 Å². The van der Waals surface area contributed by atoms with E-state index in [0.29, 0.717) is 5.76 Å². The summed E-state index contributed by atoms with van der Waals surface area (Å²) in [4.78, 5) is 11.5. The molecule has 174 valence electrons. The molecular formula is C28H33IO3Si. The molecule has 1 aromatic heterocycles. The fraction of sp³-hybridized carbons (Fsp3) is 0.321. The molecule has 0 bridgehead atoms. The van der Waals surface area contributed by atoms with E-state index in [-0.39, 0.29) is 11.1 Å². The number of aldehydes is 1. The normalized spacial score (nSPS) is 13.7. The van der Waals surface area contributed by atoms with Gasteiger partial charge >= 0.3 is 0 Å². The maximum Gasteiger partial charge on any atom is 0.261 e. The summed E-state index contributed by atoms with van der Waals surface area (Å²) in [5.74, 6) is 0.365. The molecule has 0 aliphatic carbocycles. The molecule has 1 atom stereocenters. The van der Waals surface area contributed by atoms with Crippen molar-refractivity contribution in [2.45, 2.75) is 58.6 Å². The first-order valence-electron chi connectivity index (χ1n) is 11.4. The minimum atomic E-state index is -2.75. The maximum absolute atomic E-state index is 11.5. The lowest BCUT2D eigenvalue weighted by molar-refractivity contribution is 0.109. The van der Waals surface area contributed by atoms with E-state index in [4.69, 9.17) is 8.84 Å². The van der Waals surface area contributed by atoms with E-state index in [2.05, 4.69) is 124 Å². The Morgan fingerprint density at radius 3 is 2.03 bits per heavy atom. The Bertz CT molecular complexity index is 1040. The molecule has 2 aromatic carbocycles. The highest BCUT2D eigenvalue weighted by Crippen LogP contribution is 2.42. The summed E-state index contributed by atoms with van der Waals surface area (Å²) in [6.45, 7) is 11.1. The molecule has 0 spiro atoms. The van der Waals surface area contributed by atoms with Gasteiger partial charge in [-0.2, -0.15) is 0 Å². The van der Waals surface area contributed by atoms with Crippen molar-refractivity contribution in [1.82, 2.24) is 0 Å². The standard InChI is InChI=1S/C28H33IO3Si/c1-6-21(2)17-18-25(24-20-31-26(19-30)27(24)29)32-33(28(3,4)5,22-13-9-7-10-14-22)23-15-11-8-12-16-23/h6-16,19-20,25H,17-18H2,1-5H3/b21-6+/t25-/m0/s1. The average Bonchev–Trinajstić information content (AvgIpc) is 3.19. The molecule has 0 unspecified atom stereocenters. The molecule has 0 radical (unpaired) electrons. The van der Waals surface area contributed by atoms with Gasteiger partial charge in [-0.25, -0.2) is 0 Å². The number of hydrogen-bond acceptors (Lipinski definition) is 3. The Hall–Kier alpha value is -1.96. The van der Waals surface area contributed by atoms with E-state index >= 15 is 0 Å². The molecule has 0 N–H and O–H groups in total. The van der Waals surface area contributed by atoms with Crippen molar-refractivity contribution in [2.24, 2.45) is 0 Å². The van der Waals surface area contributed by atoms with Gasteiger partial charge in [-0.05, 0) is 64.7 Å². The van der Waals surface area contributed by atoms with E-state index in [1.165, 1.54) is 15.9 Å². The van der Waals surface area contributed by atoms with Gasteiger partial charge in [0.2, 0.25) is 0 Å². The summed E-state index contributed by atoms with van der Waals surface area (Å²) in [7, 11) is -2.75. The first-order valence-corrected chi connectivity index (χ1v) is 14.4. The average molecular weight is 573 g/mol. The zero-order chi connectivity index (χ0) is 24.1. The van der Waals surface area contributed by atoms with Crippen LogP contribution in [-0.4, -0.2) is 14.6 Å². The third kappa shape index (κ3) is 5.41. The second kappa shape index (κ2) is 11.0. The molecule has 3 aromatic rings. The summed E-state index contributed by atoms with van der Waals surface area (Å²) < 4.78 is 13.9. The molecule has 0 saturated carbocycles. The summed E-state index contributed by atoms with van der Waals surface area (Å²) in [6.07, 6.45) is 6.17. The van der Waals surface area contributed by atoms with Gasteiger partial charge in [0, 0.05) is 5.56 Å².